The Kier molecular flexibility index (Phi) is 4.98. The van der Waals surface area contributed by atoms with Gasteiger partial charge in [-0.1, -0.05) is 30.3 Å². The first-order valence-electron chi connectivity index (χ1n) is 9.91. The van der Waals surface area contributed by atoms with Crippen LogP contribution in [-0.4, -0.2) is 59.5 Å². The van der Waals surface area contributed by atoms with E-state index in [0.717, 1.165) is 58.4 Å². The lowest BCUT2D eigenvalue weighted by molar-refractivity contribution is -0.153. The summed E-state index contributed by atoms with van der Waals surface area (Å²) in [5, 5.41) is 9.59. The number of hydrogen-bond acceptors (Lipinski definition) is 3. The van der Waals surface area contributed by atoms with Crippen molar-refractivity contribution in [1.29, 1.82) is 0 Å². The number of rotatable bonds is 5. The Hall–Kier alpha value is -1.88. The van der Waals surface area contributed by atoms with E-state index in [1.54, 1.807) is 0 Å². The Balaban J connectivity index is 1.30. The molecule has 5 nitrogen and oxygen atoms in total. The number of piperazine rings is 1. The lowest BCUT2D eigenvalue weighted by Gasteiger charge is -2.38. The molecule has 2 saturated carbocycles. The van der Waals surface area contributed by atoms with Crippen molar-refractivity contribution in [2.24, 2.45) is 23.7 Å². The van der Waals surface area contributed by atoms with Gasteiger partial charge < -0.3 is 10.0 Å². The van der Waals surface area contributed by atoms with E-state index >= 15 is 0 Å². The summed E-state index contributed by atoms with van der Waals surface area (Å²) in [5.41, 5.74) is 1.34. The summed E-state index contributed by atoms with van der Waals surface area (Å²) in [5.74, 6) is -0.868. The Morgan fingerprint density at radius 1 is 0.962 bits per heavy atom. The van der Waals surface area contributed by atoms with Gasteiger partial charge in [0.25, 0.3) is 0 Å². The standard InChI is InChI=1S/C21H28N2O3/c24-20(18-16-6-7-17(14-16)19(18)21(25)26)23-12-10-22(11-13-23)9-8-15-4-2-1-3-5-15/h1-5,16-19H,6-14H2,(H,25,26)/t16-,17+,18-,19+/m0/s1. The predicted octanol–water partition coefficient (Wildman–Crippen LogP) is 2.12. The van der Waals surface area contributed by atoms with Gasteiger partial charge in [0, 0.05) is 32.7 Å². The largest absolute Gasteiger partial charge is 0.481 e. The normalized spacial score (nSPS) is 31.3. The van der Waals surface area contributed by atoms with Gasteiger partial charge in [-0.3, -0.25) is 14.5 Å². The monoisotopic (exact) mass is 356 g/mol. The van der Waals surface area contributed by atoms with Gasteiger partial charge in [-0.15, -0.1) is 0 Å². The van der Waals surface area contributed by atoms with Crippen molar-refractivity contribution in [3.63, 3.8) is 0 Å². The van der Waals surface area contributed by atoms with Gasteiger partial charge in [0.15, 0.2) is 0 Å². The third kappa shape index (κ3) is 3.37. The molecule has 0 spiro atoms. The zero-order chi connectivity index (χ0) is 18.1. The van der Waals surface area contributed by atoms with E-state index in [4.69, 9.17) is 0 Å². The van der Waals surface area contributed by atoms with Crippen LogP contribution in [0.15, 0.2) is 30.3 Å². The maximum Gasteiger partial charge on any atom is 0.307 e. The highest BCUT2D eigenvalue weighted by Crippen LogP contribution is 2.53. The molecule has 1 saturated heterocycles. The number of carboxylic acid groups (broad SMARTS) is 1. The number of carbonyl (C=O) groups is 2. The van der Waals surface area contributed by atoms with E-state index in [9.17, 15) is 14.7 Å². The number of amides is 1. The summed E-state index contributed by atoms with van der Waals surface area (Å²) in [6, 6.07) is 10.5. The lowest BCUT2D eigenvalue weighted by Crippen LogP contribution is -2.52. The summed E-state index contributed by atoms with van der Waals surface area (Å²) < 4.78 is 0. The summed E-state index contributed by atoms with van der Waals surface area (Å²) in [6.45, 7) is 4.24. The van der Waals surface area contributed by atoms with E-state index in [1.165, 1.54) is 5.56 Å². The van der Waals surface area contributed by atoms with Crippen LogP contribution in [0.5, 0.6) is 0 Å². The second-order valence-electron chi connectivity index (χ2n) is 8.13. The molecule has 4 rings (SSSR count). The molecule has 3 aliphatic rings. The topological polar surface area (TPSA) is 60.9 Å². The molecule has 5 heteroatoms. The fourth-order valence-electron chi connectivity index (χ4n) is 5.34. The van der Waals surface area contributed by atoms with Crippen molar-refractivity contribution in [3.05, 3.63) is 35.9 Å². The fraction of sp³-hybridized carbons (Fsp3) is 0.619. The minimum Gasteiger partial charge on any atom is -0.481 e. The maximum atomic E-state index is 13.0. The first-order chi connectivity index (χ1) is 12.6. The Bertz CT molecular complexity index is 654. The van der Waals surface area contributed by atoms with Gasteiger partial charge >= 0.3 is 5.97 Å². The van der Waals surface area contributed by atoms with Crippen LogP contribution in [0.2, 0.25) is 0 Å². The van der Waals surface area contributed by atoms with Crippen molar-refractivity contribution in [3.8, 4) is 0 Å². The van der Waals surface area contributed by atoms with E-state index in [1.807, 2.05) is 11.0 Å². The molecule has 0 radical (unpaired) electrons. The van der Waals surface area contributed by atoms with E-state index in [-0.39, 0.29) is 17.7 Å². The molecule has 140 valence electrons. The zero-order valence-electron chi connectivity index (χ0n) is 15.2. The highest BCUT2D eigenvalue weighted by atomic mass is 16.4. The van der Waals surface area contributed by atoms with Gasteiger partial charge in [-0.25, -0.2) is 0 Å². The molecule has 1 amide bonds. The molecule has 1 heterocycles. The van der Waals surface area contributed by atoms with Crippen LogP contribution in [0.3, 0.4) is 0 Å². The SMILES string of the molecule is O=C(O)[C@@H]1[C@@H]2CC[C@@H](C2)[C@@H]1C(=O)N1CCN(CCc2ccccc2)CC1. The van der Waals surface area contributed by atoms with Crippen LogP contribution in [0.4, 0.5) is 0 Å². The van der Waals surface area contributed by atoms with E-state index in [0.29, 0.717) is 5.92 Å². The molecule has 2 aliphatic carbocycles. The van der Waals surface area contributed by atoms with Crippen LogP contribution in [-0.2, 0) is 16.0 Å². The van der Waals surface area contributed by atoms with Crippen molar-refractivity contribution in [1.82, 2.24) is 9.80 Å². The minimum atomic E-state index is -0.767. The number of fused-ring (bicyclic) bond motifs is 2. The first kappa shape index (κ1) is 17.5. The Morgan fingerprint density at radius 2 is 1.62 bits per heavy atom. The third-order valence-electron chi connectivity index (χ3n) is 6.73. The minimum absolute atomic E-state index is 0.104. The summed E-state index contributed by atoms with van der Waals surface area (Å²) >= 11 is 0. The van der Waals surface area contributed by atoms with Crippen molar-refractivity contribution >= 4 is 11.9 Å². The molecule has 26 heavy (non-hydrogen) atoms. The molecular weight excluding hydrogens is 328 g/mol. The second kappa shape index (κ2) is 7.39. The van der Waals surface area contributed by atoms with Crippen molar-refractivity contribution < 1.29 is 14.7 Å². The molecule has 1 aromatic carbocycles. The highest BCUT2D eigenvalue weighted by Gasteiger charge is 2.54. The van der Waals surface area contributed by atoms with Crippen molar-refractivity contribution in [2.45, 2.75) is 25.7 Å². The van der Waals surface area contributed by atoms with Crippen LogP contribution >= 0.6 is 0 Å². The average Bonchev–Trinajstić information content (AvgIpc) is 3.28. The molecule has 3 fully saturated rings. The first-order valence-corrected chi connectivity index (χ1v) is 9.91. The third-order valence-corrected chi connectivity index (χ3v) is 6.73. The molecule has 2 bridgehead atoms. The molecule has 4 atom stereocenters. The van der Waals surface area contributed by atoms with Gasteiger partial charge in [0.2, 0.25) is 5.91 Å². The quantitative estimate of drug-likeness (QED) is 0.878. The molecule has 0 aromatic heterocycles. The Labute approximate surface area is 155 Å². The van der Waals surface area contributed by atoms with E-state index < -0.39 is 11.9 Å². The molecule has 1 aromatic rings. The summed E-state index contributed by atoms with van der Waals surface area (Å²) in [7, 11) is 0. The van der Waals surface area contributed by atoms with Gasteiger partial charge in [0.05, 0.1) is 11.8 Å². The van der Waals surface area contributed by atoms with E-state index in [2.05, 4.69) is 29.2 Å². The van der Waals surface area contributed by atoms with Crippen molar-refractivity contribution in [2.75, 3.05) is 32.7 Å². The van der Waals surface area contributed by atoms with Gasteiger partial charge in [-0.2, -0.15) is 0 Å². The maximum absolute atomic E-state index is 13.0. The summed E-state index contributed by atoms with van der Waals surface area (Å²) in [6.07, 6.45) is 3.98. The number of aliphatic carboxylic acids is 1. The molecule has 1 N–H and O–H groups in total. The summed E-state index contributed by atoms with van der Waals surface area (Å²) in [4.78, 5) is 29.1. The van der Waals surface area contributed by atoms with Gasteiger partial charge in [-0.05, 0) is 43.1 Å². The number of carboxylic acids is 1. The predicted molar refractivity (Wildman–Crippen MR) is 98.6 cm³/mol. The fourth-order valence-corrected chi connectivity index (χ4v) is 5.34. The van der Waals surface area contributed by atoms with Crippen LogP contribution in [0, 0.1) is 23.7 Å². The molecular formula is C21H28N2O3. The number of hydrogen-bond donors (Lipinski definition) is 1. The van der Waals surface area contributed by atoms with Crippen LogP contribution < -0.4 is 0 Å². The van der Waals surface area contributed by atoms with Crippen LogP contribution in [0.25, 0.3) is 0 Å². The zero-order valence-corrected chi connectivity index (χ0v) is 15.2. The number of nitrogens with zero attached hydrogens (tertiary/aromatic N) is 2. The Morgan fingerprint density at radius 3 is 2.27 bits per heavy atom. The van der Waals surface area contributed by atoms with Gasteiger partial charge in [0.1, 0.15) is 0 Å². The number of benzene rings is 1. The number of carbonyl (C=O) groups excluding carboxylic acids is 1. The lowest BCUT2D eigenvalue weighted by atomic mass is 9.78. The highest BCUT2D eigenvalue weighted by molar-refractivity contribution is 5.86. The second-order valence-corrected chi connectivity index (χ2v) is 8.13. The smallest absolute Gasteiger partial charge is 0.307 e. The molecule has 1 aliphatic heterocycles. The van der Waals surface area contributed by atoms with Crippen LogP contribution in [0.1, 0.15) is 24.8 Å². The molecule has 0 unspecified atom stereocenters. The average molecular weight is 356 g/mol.